The van der Waals surface area contributed by atoms with Gasteiger partial charge in [0.15, 0.2) is 0 Å². The van der Waals surface area contributed by atoms with Crippen molar-refractivity contribution in [3.8, 4) is 0 Å². The molecule has 1 N–H and O–H groups in total. The molecule has 0 spiro atoms. The Morgan fingerprint density at radius 1 is 1.38 bits per heavy atom. The van der Waals surface area contributed by atoms with Gasteiger partial charge >= 0.3 is 0 Å². The van der Waals surface area contributed by atoms with E-state index in [-0.39, 0.29) is 5.92 Å². The number of rotatable bonds is 2. The van der Waals surface area contributed by atoms with Crippen molar-refractivity contribution in [3.63, 3.8) is 0 Å². The van der Waals surface area contributed by atoms with Gasteiger partial charge in [0.1, 0.15) is 0 Å². The molecule has 0 saturated carbocycles. The Labute approximate surface area is 97.0 Å². The number of sulfonamides is 1. The van der Waals surface area contributed by atoms with Gasteiger partial charge in [0.2, 0.25) is 15.9 Å². The lowest BCUT2D eigenvalue weighted by Gasteiger charge is -2.24. The number of carbonyl (C=O) groups is 1. The van der Waals surface area contributed by atoms with Crippen LogP contribution in [0, 0.1) is 5.92 Å². The van der Waals surface area contributed by atoms with Crippen LogP contribution in [-0.4, -0.2) is 32.2 Å². The highest BCUT2D eigenvalue weighted by molar-refractivity contribution is 7.91. The Morgan fingerprint density at radius 3 is 2.44 bits per heavy atom. The van der Waals surface area contributed by atoms with Gasteiger partial charge in [0.05, 0.1) is 10.7 Å². The first-order valence-electron chi connectivity index (χ1n) is 5.43. The third-order valence-electron chi connectivity index (χ3n) is 2.63. The van der Waals surface area contributed by atoms with Crippen molar-refractivity contribution >= 4 is 15.9 Å². The van der Waals surface area contributed by atoms with E-state index in [2.05, 4.69) is 10.0 Å². The Morgan fingerprint density at radius 2 is 2.00 bits per heavy atom. The lowest BCUT2D eigenvalue weighted by atomic mass is 9.99. The molecule has 1 amide bonds. The van der Waals surface area contributed by atoms with E-state index in [1.807, 2.05) is 0 Å². The average Bonchev–Trinajstić information content (AvgIpc) is 2.16. The van der Waals surface area contributed by atoms with Gasteiger partial charge in [0.25, 0.3) is 0 Å². The summed E-state index contributed by atoms with van der Waals surface area (Å²) in [7, 11) is -3.59. The Bertz CT molecular complexity index is 351. The summed E-state index contributed by atoms with van der Waals surface area (Å²) < 4.78 is 24.7. The van der Waals surface area contributed by atoms with Gasteiger partial charge in [-0.25, -0.2) is 13.7 Å². The van der Waals surface area contributed by atoms with Crippen molar-refractivity contribution in [3.05, 3.63) is 0 Å². The highest BCUT2D eigenvalue weighted by Crippen LogP contribution is 2.16. The predicted molar refractivity (Wildman–Crippen MR) is 61.4 cm³/mol. The molecule has 0 bridgehead atoms. The van der Waals surface area contributed by atoms with E-state index in [4.69, 9.17) is 0 Å². The van der Waals surface area contributed by atoms with Crippen molar-refractivity contribution in [1.29, 1.82) is 0 Å². The molecule has 1 atom stereocenters. The topological polar surface area (TPSA) is 77.3 Å². The second-order valence-corrected chi connectivity index (χ2v) is 7.49. The minimum absolute atomic E-state index is 0.286. The molecule has 1 unspecified atom stereocenters. The molecule has 1 rings (SSSR count). The molecule has 0 aromatic carbocycles. The molecule has 1 saturated heterocycles. The molecule has 1 radical (unpaired) electrons. The second kappa shape index (κ2) is 4.71. The molecule has 1 aliphatic rings. The van der Waals surface area contributed by atoms with Gasteiger partial charge in [-0.15, -0.1) is 0 Å². The fraction of sp³-hybridized carbons (Fsp3) is 0.900. The van der Waals surface area contributed by atoms with Crippen LogP contribution in [-0.2, 0) is 14.8 Å². The lowest BCUT2D eigenvalue weighted by Crippen LogP contribution is -2.47. The normalized spacial score (nSPS) is 22.8. The van der Waals surface area contributed by atoms with Crippen LogP contribution in [0.5, 0.6) is 0 Å². The number of nitrogens with one attached hydrogen (secondary N) is 1. The lowest BCUT2D eigenvalue weighted by molar-refractivity contribution is -0.123. The van der Waals surface area contributed by atoms with Gasteiger partial charge in [-0.2, -0.15) is 0 Å². The van der Waals surface area contributed by atoms with E-state index in [0.29, 0.717) is 6.54 Å². The zero-order valence-electron chi connectivity index (χ0n) is 9.99. The maximum Gasteiger partial charge on any atom is 0.239 e. The first kappa shape index (κ1) is 13.4. The van der Waals surface area contributed by atoms with E-state index in [0.717, 1.165) is 19.4 Å². The fourth-order valence-corrected chi connectivity index (χ4v) is 2.11. The maximum atomic E-state index is 11.7. The summed E-state index contributed by atoms with van der Waals surface area (Å²) in [5.74, 6) is -0.704. The summed E-state index contributed by atoms with van der Waals surface area (Å²) in [6, 6.07) is 0. The third-order valence-corrected chi connectivity index (χ3v) is 4.71. The van der Waals surface area contributed by atoms with E-state index < -0.39 is 20.7 Å². The summed E-state index contributed by atoms with van der Waals surface area (Å²) in [6.07, 6.45) is 1.57. The van der Waals surface area contributed by atoms with Crippen molar-refractivity contribution < 1.29 is 13.2 Å². The molecule has 16 heavy (non-hydrogen) atoms. The van der Waals surface area contributed by atoms with Crippen LogP contribution in [0.15, 0.2) is 0 Å². The Balaban J connectivity index is 2.64. The largest absolute Gasteiger partial charge is 0.274 e. The minimum atomic E-state index is -3.59. The van der Waals surface area contributed by atoms with Crippen molar-refractivity contribution in [2.75, 3.05) is 13.1 Å². The van der Waals surface area contributed by atoms with Crippen LogP contribution < -0.4 is 10.0 Å². The molecule has 93 valence electrons. The van der Waals surface area contributed by atoms with E-state index in [9.17, 15) is 13.2 Å². The molecule has 1 heterocycles. The summed E-state index contributed by atoms with van der Waals surface area (Å²) in [4.78, 5) is 11.7. The summed E-state index contributed by atoms with van der Waals surface area (Å²) in [6.45, 7) is 5.90. The van der Waals surface area contributed by atoms with Crippen LogP contribution >= 0.6 is 0 Å². The smallest absolute Gasteiger partial charge is 0.239 e. The Kier molecular flexibility index (Phi) is 3.96. The monoisotopic (exact) mass is 247 g/mol. The molecule has 6 heteroatoms. The number of piperidine rings is 1. The van der Waals surface area contributed by atoms with Crippen LogP contribution in [0.4, 0.5) is 0 Å². The quantitative estimate of drug-likeness (QED) is 0.759. The molecule has 0 aromatic heterocycles. The molecular weight excluding hydrogens is 228 g/mol. The van der Waals surface area contributed by atoms with Gasteiger partial charge in [0, 0.05) is 13.1 Å². The Hall–Kier alpha value is -0.620. The van der Waals surface area contributed by atoms with Gasteiger partial charge in [-0.05, 0) is 33.6 Å². The molecule has 0 aliphatic carbocycles. The number of hydrogen-bond donors (Lipinski definition) is 1. The van der Waals surface area contributed by atoms with Crippen molar-refractivity contribution in [2.24, 2.45) is 5.92 Å². The number of hydrogen-bond acceptors (Lipinski definition) is 3. The van der Waals surface area contributed by atoms with E-state index >= 15 is 0 Å². The predicted octanol–water partition coefficient (Wildman–Crippen LogP) is 0.245. The average molecular weight is 247 g/mol. The second-order valence-electron chi connectivity index (χ2n) is 5.05. The molecule has 5 nitrogen and oxygen atoms in total. The minimum Gasteiger partial charge on any atom is -0.274 e. The van der Waals surface area contributed by atoms with E-state index in [1.54, 1.807) is 20.8 Å². The van der Waals surface area contributed by atoms with E-state index in [1.165, 1.54) is 0 Å². The zero-order chi connectivity index (χ0) is 12.4. The van der Waals surface area contributed by atoms with Crippen molar-refractivity contribution in [2.45, 2.75) is 38.4 Å². The number of carbonyl (C=O) groups excluding carboxylic acids is 1. The molecule has 1 aliphatic heterocycles. The van der Waals surface area contributed by atoms with Crippen LogP contribution in [0.25, 0.3) is 0 Å². The molecule has 0 aromatic rings. The fourth-order valence-electron chi connectivity index (χ4n) is 1.37. The zero-order valence-corrected chi connectivity index (χ0v) is 10.8. The third kappa shape index (κ3) is 3.18. The van der Waals surface area contributed by atoms with Crippen LogP contribution in [0.3, 0.4) is 0 Å². The van der Waals surface area contributed by atoms with Gasteiger partial charge in [-0.3, -0.25) is 9.52 Å². The highest BCUT2D eigenvalue weighted by Gasteiger charge is 2.33. The molecule has 1 fully saturated rings. The number of amides is 1. The SMILES string of the molecule is CC(C)(C)S(=O)(=O)NC(=O)C1CCC[N]C1. The van der Waals surface area contributed by atoms with Crippen molar-refractivity contribution in [1.82, 2.24) is 10.0 Å². The molecular formula is C10H19N2O3S. The van der Waals surface area contributed by atoms with Gasteiger partial charge in [-0.1, -0.05) is 0 Å². The summed E-state index contributed by atoms with van der Waals surface area (Å²) in [5, 5.41) is 4.12. The highest BCUT2D eigenvalue weighted by atomic mass is 32.2. The van der Waals surface area contributed by atoms with Crippen LogP contribution in [0.1, 0.15) is 33.6 Å². The summed E-state index contributed by atoms with van der Waals surface area (Å²) in [5.41, 5.74) is 0. The number of nitrogens with zero attached hydrogens (tertiary/aromatic N) is 1. The first-order valence-corrected chi connectivity index (χ1v) is 6.92. The first-order chi connectivity index (χ1) is 7.24. The standard InChI is InChI=1S/C10H19N2O3S/c1-10(2,3)16(14,15)12-9(13)8-5-4-6-11-7-8/h8H,4-7H2,1-3H3,(H,12,13). The van der Waals surface area contributed by atoms with Crippen LogP contribution in [0.2, 0.25) is 0 Å². The maximum absolute atomic E-state index is 11.7. The van der Waals surface area contributed by atoms with Gasteiger partial charge < -0.3 is 0 Å². The summed E-state index contributed by atoms with van der Waals surface area (Å²) >= 11 is 0.